The number of nitrogens with zero attached hydrogens (tertiary/aromatic N) is 3. The quantitative estimate of drug-likeness (QED) is 0.0983. The van der Waals surface area contributed by atoms with E-state index in [-0.39, 0.29) is 23.2 Å². The normalized spacial score (nSPS) is 12.9. The van der Waals surface area contributed by atoms with E-state index in [1.807, 2.05) is 89.7 Å². The van der Waals surface area contributed by atoms with Crippen LogP contribution in [0.25, 0.3) is 21.1 Å². The highest BCUT2D eigenvalue weighted by molar-refractivity contribution is 9.10. The summed E-state index contributed by atoms with van der Waals surface area (Å²) in [5.74, 6) is 0.511. The summed E-state index contributed by atoms with van der Waals surface area (Å²) in [5.41, 5.74) is 4.58. The van der Waals surface area contributed by atoms with E-state index in [1.165, 1.54) is 23.6 Å². The topological polar surface area (TPSA) is 137 Å². The maximum atomic E-state index is 13.5. The van der Waals surface area contributed by atoms with Gasteiger partial charge in [-0.25, -0.2) is 4.98 Å². The SMILES string of the molecule is Cc1cc(Br)c2oc(N3CCN(C(=O)CCCCCCNC(=O)c4cnc(Nc5ccccc5C)c(NC(=O)c5csc6ccccc56)c4)CC3)cc(=O)c2c1. The molecule has 7 rings (SSSR count). The second-order valence-electron chi connectivity index (χ2n) is 14.0. The second kappa shape index (κ2) is 17.5. The van der Waals surface area contributed by atoms with Crippen molar-refractivity contribution in [3.63, 3.8) is 0 Å². The van der Waals surface area contributed by atoms with Crippen molar-refractivity contribution in [1.29, 1.82) is 0 Å². The van der Waals surface area contributed by atoms with Crippen LogP contribution in [-0.2, 0) is 4.79 Å². The minimum Gasteiger partial charge on any atom is -0.439 e. The number of aromatic nitrogens is 1. The van der Waals surface area contributed by atoms with Gasteiger partial charge in [-0.3, -0.25) is 19.2 Å². The summed E-state index contributed by atoms with van der Waals surface area (Å²) in [6, 6.07) is 22.5. The first-order valence-electron chi connectivity index (χ1n) is 18.8. The molecular formula is C43H43BrN6O5S. The Kier molecular flexibility index (Phi) is 12.1. The summed E-state index contributed by atoms with van der Waals surface area (Å²) < 4.78 is 7.88. The van der Waals surface area contributed by atoms with Crippen molar-refractivity contribution in [2.75, 3.05) is 48.3 Å². The molecule has 3 N–H and O–H groups in total. The minimum atomic E-state index is -0.283. The molecule has 3 amide bonds. The van der Waals surface area contributed by atoms with Gasteiger partial charge < -0.3 is 30.2 Å². The van der Waals surface area contributed by atoms with Gasteiger partial charge in [0.1, 0.15) is 0 Å². The molecule has 0 bridgehead atoms. The molecule has 0 saturated carbocycles. The van der Waals surface area contributed by atoms with E-state index in [0.29, 0.717) is 78.6 Å². The number of thiophene rings is 1. The third-order valence-corrected chi connectivity index (χ3v) is 11.5. The largest absolute Gasteiger partial charge is 0.439 e. The maximum Gasteiger partial charge on any atom is 0.257 e. The number of hydrogen-bond donors (Lipinski definition) is 3. The molecule has 1 saturated heterocycles. The van der Waals surface area contributed by atoms with Gasteiger partial charge in [0.05, 0.1) is 26.7 Å². The van der Waals surface area contributed by atoms with Gasteiger partial charge in [0.15, 0.2) is 22.7 Å². The number of fused-ring (bicyclic) bond motifs is 2. The Balaban J connectivity index is 0.870. The number of piperazine rings is 1. The summed E-state index contributed by atoms with van der Waals surface area (Å²) in [6.07, 6.45) is 5.24. The van der Waals surface area contributed by atoms with Crippen LogP contribution in [0.2, 0.25) is 0 Å². The van der Waals surface area contributed by atoms with Crippen molar-refractivity contribution >= 4 is 89.1 Å². The van der Waals surface area contributed by atoms with Gasteiger partial charge in [-0.15, -0.1) is 11.3 Å². The van der Waals surface area contributed by atoms with Crippen LogP contribution < -0.4 is 26.3 Å². The molecule has 3 aromatic heterocycles. The van der Waals surface area contributed by atoms with E-state index in [2.05, 4.69) is 36.9 Å². The Hall–Kier alpha value is -5.53. The molecule has 0 unspecified atom stereocenters. The van der Waals surface area contributed by atoms with Crippen LogP contribution in [0, 0.1) is 13.8 Å². The zero-order chi connectivity index (χ0) is 39.2. The van der Waals surface area contributed by atoms with Gasteiger partial charge in [-0.2, -0.15) is 0 Å². The molecule has 288 valence electrons. The lowest BCUT2D eigenvalue weighted by Crippen LogP contribution is -2.48. The van der Waals surface area contributed by atoms with Crippen molar-refractivity contribution in [3.8, 4) is 0 Å². The molecule has 1 aliphatic rings. The average molecular weight is 836 g/mol. The van der Waals surface area contributed by atoms with Gasteiger partial charge in [-0.1, -0.05) is 49.2 Å². The molecule has 0 atom stereocenters. The van der Waals surface area contributed by atoms with Crippen LogP contribution in [0.1, 0.15) is 63.9 Å². The number of unbranched alkanes of at least 4 members (excludes halogenated alkanes) is 3. The number of benzene rings is 3. The fraction of sp³-hybridized carbons (Fsp3) is 0.279. The lowest BCUT2D eigenvalue weighted by Gasteiger charge is -2.35. The number of para-hydroxylation sites is 1. The minimum absolute atomic E-state index is 0.0833. The predicted molar refractivity (Wildman–Crippen MR) is 228 cm³/mol. The molecule has 4 heterocycles. The predicted octanol–water partition coefficient (Wildman–Crippen LogP) is 8.81. The molecular weight excluding hydrogens is 792 g/mol. The monoisotopic (exact) mass is 834 g/mol. The third kappa shape index (κ3) is 8.95. The van der Waals surface area contributed by atoms with Crippen LogP contribution in [0.3, 0.4) is 0 Å². The molecule has 3 aromatic carbocycles. The Morgan fingerprint density at radius 3 is 2.45 bits per heavy atom. The zero-order valence-corrected chi connectivity index (χ0v) is 33.7. The Morgan fingerprint density at radius 1 is 0.857 bits per heavy atom. The van der Waals surface area contributed by atoms with Crippen LogP contribution in [0.4, 0.5) is 23.1 Å². The lowest BCUT2D eigenvalue weighted by molar-refractivity contribution is -0.131. The van der Waals surface area contributed by atoms with Gasteiger partial charge >= 0.3 is 0 Å². The highest BCUT2D eigenvalue weighted by atomic mass is 79.9. The number of aryl methyl sites for hydroxylation is 2. The molecule has 0 aliphatic carbocycles. The molecule has 13 heteroatoms. The summed E-state index contributed by atoms with van der Waals surface area (Å²) in [4.78, 5) is 60.9. The summed E-state index contributed by atoms with van der Waals surface area (Å²) in [7, 11) is 0. The van der Waals surface area contributed by atoms with Crippen molar-refractivity contribution < 1.29 is 18.8 Å². The van der Waals surface area contributed by atoms with Gasteiger partial charge in [0.2, 0.25) is 5.91 Å². The number of carbonyl (C=O) groups excluding carboxylic acids is 3. The molecule has 0 radical (unpaired) electrons. The van der Waals surface area contributed by atoms with Crippen molar-refractivity contribution in [2.45, 2.75) is 46.0 Å². The van der Waals surface area contributed by atoms with Gasteiger partial charge in [-0.05, 0) is 84.1 Å². The molecule has 1 aliphatic heterocycles. The standard InChI is InChI=1S/C43H43BrN6O5S/c1-27-21-31-36(51)24-39(55-40(31)33(44)22-27)50-19-17-49(18-20-50)38(52)15-5-3-4-10-16-45-42(53)29-23-35(41(46-25-29)47-34-13-8-6-11-28(34)2)48-43(54)32-26-56-37-14-9-7-12-30(32)37/h6-9,11-14,21-26H,3-5,10,15-20H2,1-2H3,(H,45,53)(H,46,47)(H,48,54). The van der Waals surface area contributed by atoms with E-state index in [1.54, 1.807) is 6.07 Å². The number of halogens is 1. The summed E-state index contributed by atoms with van der Waals surface area (Å²) >= 11 is 5.03. The smallest absolute Gasteiger partial charge is 0.257 e. The van der Waals surface area contributed by atoms with E-state index in [9.17, 15) is 19.2 Å². The fourth-order valence-corrected chi connectivity index (χ4v) is 8.45. The first-order valence-corrected chi connectivity index (χ1v) is 20.5. The zero-order valence-electron chi connectivity index (χ0n) is 31.3. The molecule has 11 nitrogen and oxygen atoms in total. The van der Waals surface area contributed by atoms with Crippen LogP contribution in [-0.4, -0.2) is 60.3 Å². The van der Waals surface area contributed by atoms with E-state index in [0.717, 1.165) is 57.1 Å². The number of anilines is 4. The van der Waals surface area contributed by atoms with Crippen molar-refractivity contribution in [3.05, 3.63) is 121 Å². The first-order chi connectivity index (χ1) is 27.1. The highest BCUT2D eigenvalue weighted by Crippen LogP contribution is 2.31. The van der Waals surface area contributed by atoms with Crippen molar-refractivity contribution in [2.24, 2.45) is 0 Å². The average Bonchev–Trinajstić information content (AvgIpc) is 3.64. The molecule has 0 spiro atoms. The third-order valence-electron chi connectivity index (χ3n) is 9.98. The number of nitrogens with one attached hydrogen (secondary N) is 3. The maximum absolute atomic E-state index is 13.5. The second-order valence-corrected chi connectivity index (χ2v) is 15.8. The fourth-order valence-electron chi connectivity index (χ4n) is 6.86. The number of hydrogen-bond acceptors (Lipinski definition) is 9. The van der Waals surface area contributed by atoms with Gasteiger partial charge in [0, 0.05) is 72.6 Å². The van der Waals surface area contributed by atoms with Crippen LogP contribution in [0.15, 0.2) is 98.1 Å². The lowest BCUT2D eigenvalue weighted by atomic mass is 10.1. The Morgan fingerprint density at radius 2 is 1.62 bits per heavy atom. The van der Waals surface area contributed by atoms with Gasteiger partial charge in [0.25, 0.3) is 11.8 Å². The van der Waals surface area contributed by atoms with E-state index >= 15 is 0 Å². The number of carbonyl (C=O) groups is 3. The summed E-state index contributed by atoms with van der Waals surface area (Å²) in [6.45, 7) is 6.70. The highest BCUT2D eigenvalue weighted by Gasteiger charge is 2.23. The molecule has 56 heavy (non-hydrogen) atoms. The number of pyridine rings is 1. The first kappa shape index (κ1) is 38.7. The summed E-state index contributed by atoms with van der Waals surface area (Å²) in [5, 5.41) is 12.5. The van der Waals surface area contributed by atoms with Crippen molar-refractivity contribution in [1.82, 2.24) is 15.2 Å². The number of rotatable bonds is 13. The van der Waals surface area contributed by atoms with Crippen LogP contribution >= 0.6 is 27.3 Å². The number of amides is 3. The van der Waals surface area contributed by atoms with E-state index in [4.69, 9.17) is 4.42 Å². The van der Waals surface area contributed by atoms with Crippen LogP contribution in [0.5, 0.6) is 0 Å². The Labute approximate surface area is 337 Å². The molecule has 1 fully saturated rings. The molecule has 6 aromatic rings. The Bertz CT molecular complexity index is 2470. The van der Waals surface area contributed by atoms with E-state index < -0.39 is 0 Å².